The Hall–Kier alpha value is -0.424. The van der Waals surface area contributed by atoms with Crippen LogP contribution >= 0.6 is 0 Å². The van der Waals surface area contributed by atoms with Gasteiger partial charge in [-0.05, 0) is 0 Å². The van der Waals surface area contributed by atoms with E-state index in [0.717, 1.165) is 11.7 Å². The van der Waals surface area contributed by atoms with Gasteiger partial charge in [-0.1, -0.05) is 0 Å². The van der Waals surface area contributed by atoms with Gasteiger partial charge in [-0.2, -0.15) is 0 Å². The number of para-hydroxylation sites is 1. The molecule has 0 spiro atoms. The first-order valence-corrected chi connectivity index (χ1v) is 11.0. The summed E-state index contributed by atoms with van der Waals surface area (Å²) in [5.74, 6) is 1.85. The maximum absolute atomic E-state index is 6.44. The second kappa shape index (κ2) is 5.41. The molecule has 0 radical (unpaired) electrons. The van der Waals surface area contributed by atoms with Crippen LogP contribution in [0.5, 0.6) is 5.75 Å². The predicted molar refractivity (Wildman–Crippen MR) is 79.4 cm³/mol. The fourth-order valence-electron chi connectivity index (χ4n) is 4.30. The van der Waals surface area contributed by atoms with Crippen molar-refractivity contribution in [1.82, 2.24) is 3.61 Å². The minimum atomic E-state index is -2.29. The van der Waals surface area contributed by atoms with Gasteiger partial charge in [0.1, 0.15) is 0 Å². The first kappa shape index (κ1) is 13.3. The Bertz CT molecular complexity index is 469. The van der Waals surface area contributed by atoms with Gasteiger partial charge in [-0.3, -0.25) is 0 Å². The summed E-state index contributed by atoms with van der Waals surface area (Å²) in [7, 11) is 0. The number of nitrogens with zero attached hydrogens (tertiary/aromatic N) is 1. The van der Waals surface area contributed by atoms with E-state index in [1.165, 1.54) is 32.1 Å². The third-order valence-corrected chi connectivity index (χ3v) is 10.3. The molecule has 0 bridgehead atoms. The molecule has 3 fully saturated rings. The van der Waals surface area contributed by atoms with Crippen LogP contribution < -0.4 is 3.53 Å². The van der Waals surface area contributed by atoms with E-state index in [9.17, 15) is 0 Å². The van der Waals surface area contributed by atoms with Crippen LogP contribution in [-0.2, 0) is 3.53 Å². The Balaban J connectivity index is 1.58. The van der Waals surface area contributed by atoms with Crippen LogP contribution in [0.3, 0.4) is 0 Å². The zero-order valence-electron chi connectivity index (χ0n) is 12.1. The van der Waals surface area contributed by atoms with Crippen molar-refractivity contribution in [2.75, 3.05) is 0 Å². The van der Waals surface area contributed by atoms with E-state index in [1.54, 1.807) is 0 Å². The molecule has 4 unspecified atom stereocenters. The number of hydrogen-bond acceptors (Lipinski definition) is 3. The number of rotatable bonds is 2. The zero-order chi connectivity index (χ0) is 13.5. The molecular weight excluding hydrogens is 308 g/mol. The molecule has 3 aliphatic rings. The first-order chi connectivity index (χ1) is 9.83. The van der Waals surface area contributed by atoms with Gasteiger partial charge in [0.05, 0.1) is 0 Å². The number of piperidine rings is 1. The monoisotopic (exact) mass is 329 g/mol. The van der Waals surface area contributed by atoms with Crippen LogP contribution in [0.15, 0.2) is 30.3 Å². The Kier molecular flexibility index (Phi) is 3.58. The van der Waals surface area contributed by atoms with Crippen molar-refractivity contribution < 1.29 is 7.06 Å². The van der Waals surface area contributed by atoms with Crippen LogP contribution in [0.4, 0.5) is 0 Å². The van der Waals surface area contributed by atoms with Gasteiger partial charge >= 0.3 is 127 Å². The van der Waals surface area contributed by atoms with Gasteiger partial charge in [0.2, 0.25) is 0 Å². The summed E-state index contributed by atoms with van der Waals surface area (Å²) >= 11 is -2.29. The van der Waals surface area contributed by atoms with Crippen molar-refractivity contribution in [3.8, 4) is 5.75 Å². The average Bonchev–Trinajstić information content (AvgIpc) is 2.84. The van der Waals surface area contributed by atoms with Crippen molar-refractivity contribution >= 4 is 17.2 Å². The summed E-state index contributed by atoms with van der Waals surface area (Å²) in [5, 5.41) is 0. The molecule has 0 N–H and O–H groups in total. The van der Waals surface area contributed by atoms with Gasteiger partial charge in [0.15, 0.2) is 0 Å². The molecule has 1 aromatic carbocycles. The molecule has 0 amide bonds. The predicted octanol–water partition coefficient (Wildman–Crippen LogP) is 3.10. The molecule has 4 heteroatoms. The van der Waals surface area contributed by atoms with E-state index in [2.05, 4.69) is 22.7 Å². The minimum absolute atomic E-state index is 0.463. The molecule has 3 nitrogen and oxygen atoms in total. The average molecular weight is 330 g/mol. The molecule has 1 aromatic rings. The molecule has 2 heterocycles. The second-order valence-electron chi connectivity index (χ2n) is 6.47. The molecule has 2 saturated heterocycles. The summed E-state index contributed by atoms with van der Waals surface area (Å²) in [4.78, 5) is 0. The van der Waals surface area contributed by atoms with Crippen molar-refractivity contribution in [3.63, 3.8) is 0 Å². The fourth-order valence-corrected chi connectivity index (χ4v) is 9.72. The van der Waals surface area contributed by atoms with Crippen LogP contribution in [0.25, 0.3) is 0 Å². The third-order valence-electron chi connectivity index (χ3n) is 5.25. The molecule has 1 saturated carbocycles. The number of hydrogen-bond donors (Lipinski definition) is 0. The van der Waals surface area contributed by atoms with Crippen molar-refractivity contribution in [3.05, 3.63) is 30.3 Å². The third kappa shape index (κ3) is 2.23. The van der Waals surface area contributed by atoms with E-state index in [-0.39, 0.29) is 0 Å². The zero-order valence-corrected chi connectivity index (χ0v) is 14.5. The summed E-state index contributed by atoms with van der Waals surface area (Å²) in [6.07, 6.45) is 7.15. The molecule has 4 atom stereocenters. The molecule has 106 valence electrons. The Morgan fingerprint density at radius 3 is 2.85 bits per heavy atom. The summed E-state index contributed by atoms with van der Waals surface area (Å²) in [5.41, 5.74) is 0. The Morgan fingerprint density at radius 2 is 2.00 bits per heavy atom. The fraction of sp³-hybridized carbons (Fsp3) is 0.625. The molecular formula is C16H22GaNO2. The van der Waals surface area contributed by atoms with E-state index >= 15 is 0 Å². The quantitative estimate of drug-likeness (QED) is 0.778. The summed E-state index contributed by atoms with van der Waals surface area (Å²) in [6.45, 7) is 2.36. The van der Waals surface area contributed by atoms with Crippen LogP contribution in [0, 0.1) is 5.92 Å². The standard InChI is InChI=1S/C10H17NO.C6H6O.Ga/c1-7-5-6-8-3-2-4-9(12)10(8)11-7;7-6-4-2-1-3-5-6;/h7-10H,2-6H2,1H3;1-5,7H;/q-2;;+3/p-1. The van der Waals surface area contributed by atoms with Crippen molar-refractivity contribution in [1.29, 1.82) is 0 Å². The van der Waals surface area contributed by atoms with Gasteiger partial charge < -0.3 is 0 Å². The van der Waals surface area contributed by atoms with Gasteiger partial charge in [0, 0.05) is 0 Å². The number of benzene rings is 1. The van der Waals surface area contributed by atoms with Crippen LogP contribution in [0.1, 0.15) is 39.0 Å². The van der Waals surface area contributed by atoms with E-state index in [0.29, 0.717) is 18.2 Å². The molecule has 2 aliphatic heterocycles. The van der Waals surface area contributed by atoms with Crippen molar-refractivity contribution in [2.24, 2.45) is 5.92 Å². The van der Waals surface area contributed by atoms with E-state index in [1.807, 2.05) is 18.2 Å². The van der Waals surface area contributed by atoms with E-state index in [4.69, 9.17) is 7.06 Å². The van der Waals surface area contributed by atoms with Gasteiger partial charge in [-0.25, -0.2) is 0 Å². The second-order valence-corrected chi connectivity index (χ2v) is 10.1. The Labute approximate surface area is 127 Å². The van der Waals surface area contributed by atoms with Crippen LogP contribution in [-0.4, -0.2) is 39.0 Å². The van der Waals surface area contributed by atoms with Crippen LogP contribution in [0.2, 0.25) is 0 Å². The van der Waals surface area contributed by atoms with Gasteiger partial charge in [0.25, 0.3) is 0 Å². The molecule has 0 aromatic heterocycles. The molecule has 4 rings (SSSR count). The molecule has 20 heavy (non-hydrogen) atoms. The van der Waals surface area contributed by atoms with Gasteiger partial charge in [-0.15, -0.1) is 0 Å². The van der Waals surface area contributed by atoms with Crippen molar-refractivity contribution in [2.45, 2.75) is 57.2 Å². The SMILES string of the molecule is CC1CCC2CCCC3[O][Ga]([O]c4ccccc4)[N]1C23. The summed E-state index contributed by atoms with van der Waals surface area (Å²) < 4.78 is 15.5. The first-order valence-electron chi connectivity index (χ1n) is 7.97. The Morgan fingerprint density at radius 1 is 1.15 bits per heavy atom. The molecule has 1 aliphatic carbocycles. The topological polar surface area (TPSA) is 21.7 Å². The maximum atomic E-state index is 6.44. The summed E-state index contributed by atoms with van der Waals surface area (Å²) in [6, 6.07) is 11.6. The normalized spacial score (nSPS) is 36.8. The van der Waals surface area contributed by atoms with E-state index < -0.39 is 17.2 Å².